The number of hydrogen-bond acceptors (Lipinski definition) is 3. The Balaban J connectivity index is 2.10. The molecule has 2 atom stereocenters. The van der Waals surface area contributed by atoms with Crippen molar-refractivity contribution < 1.29 is 19.0 Å². The van der Waals surface area contributed by atoms with E-state index in [1.165, 1.54) is 12.1 Å². The highest BCUT2D eigenvalue weighted by molar-refractivity contribution is 5.57. The van der Waals surface area contributed by atoms with E-state index in [-0.39, 0.29) is 17.8 Å². The molecule has 1 saturated heterocycles. The maximum atomic E-state index is 13.0. The summed E-state index contributed by atoms with van der Waals surface area (Å²) in [4.78, 5) is 13.0. The van der Waals surface area contributed by atoms with E-state index in [2.05, 4.69) is 11.8 Å². The van der Waals surface area contributed by atoms with Gasteiger partial charge in [-0.25, -0.2) is 9.18 Å². The van der Waals surface area contributed by atoms with Crippen molar-refractivity contribution in [2.24, 2.45) is 0 Å². The van der Waals surface area contributed by atoms with Crippen LogP contribution in [-0.4, -0.2) is 41.9 Å². The predicted octanol–water partition coefficient (Wildman–Crippen LogP) is 3.09. The molecule has 1 aromatic rings. The molecule has 1 heterocycles. The van der Waals surface area contributed by atoms with Crippen LogP contribution in [0.5, 0.6) is 0 Å². The Morgan fingerprint density at radius 1 is 1.40 bits per heavy atom. The molecule has 0 bridgehead atoms. The smallest absolute Gasteiger partial charge is 0.450 e. The van der Waals surface area contributed by atoms with Crippen LogP contribution in [0.2, 0.25) is 0 Å². The molecular formula is C15H20FNO3. The van der Waals surface area contributed by atoms with Gasteiger partial charge in [0.05, 0.1) is 0 Å². The molecule has 1 aliphatic heterocycles. The maximum absolute atomic E-state index is 13.0. The fourth-order valence-electron chi connectivity index (χ4n) is 2.70. The van der Waals surface area contributed by atoms with Crippen LogP contribution in [-0.2, 0) is 4.74 Å². The Labute approximate surface area is 118 Å². The van der Waals surface area contributed by atoms with Crippen LogP contribution in [0, 0.1) is 5.82 Å². The molecule has 0 spiro atoms. The van der Waals surface area contributed by atoms with Crippen LogP contribution >= 0.6 is 0 Å². The lowest BCUT2D eigenvalue weighted by atomic mass is 9.96. The minimum Gasteiger partial charge on any atom is -0.450 e. The fraction of sp³-hybridized carbons (Fsp3) is 0.533. The van der Waals surface area contributed by atoms with Crippen LogP contribution in [0.4, 0.5) is 9.18 Å². The van der Waals surface area contributed by atoms with Crippen molar-refractivity contribution in [1.82, 2.24) is 4.90 Å². The second-order valence-corrected chi connectivity index (χ2v) is 5.19. The lowest BCUT2D eigenvalue weighted by molar-refractivity contribution is 0.0495. The maximum Gasteiger partial charge on any atom is 0.506 e. The average Bonchev–Trinajstić information content (AvgIpc) is 2.79. The Morgan fingerprint density at radius 3 is 2.70 bits per heavy atom. The Hall–Kier alpha value is -1.62. The van der Waals surface area contributed by atoms with Crippen LogP contribution in [0.25, 0.3) is 0 Å². The van der Waals surface area contributed by atoms with Gasteiger partial charge in [-0.15, -0.1) is 0 Å². The zero-order valence-electron chi connectivity index (χ0n) is 11.6. The lowest BCUT2D eigenvalue weighted by Gasteiger charge is -2.17. The number of nitrogens with zero attached hydrogens (tertiary/aromatic N) is 1. The topological polar surface area (TPSA) is 49.8 Å². The van der Waals surface area contributed by atoms with Crippen molar-refractivity contribution in [2.75, 3.05) is 19.6 Å². The number of unbranched alkanes of at least 4 members (excludes halogenated alkanes) is 1. The molecule has 0 aromatic heterocycles. The van der Waals surface area contributed by atoms with Gasteiger partial charge in [-0.3, -0.25) is 4.90 Å². The van der Waals surface area contributed by atoms with Crippen molar-refractivity contribution >= 4 is 6.16 Å². The van der Waals surface area contributed by atoms with E-state index in [9.17, 15) is 9.18 Å². The number of carboxylic acid groups (broad SMARTS) is 1. The molecular weight excluding hydrogens is 261 g/mol. The first-order chi connectivity index (χ1) is 9.60. The summed E-state index contributed by atoms with van der Waals surface area (Å²) in [6.45, 7) is 4.42. The largest absolute Gasteiger partial charge is 0.506 e. The second kappa shape index (κ2) is 6.70. The average molecular weight is 281 g/mol. The molecule has 0 unspecified atom stereocenters. The molecule has 20 heavy (non-hydrogen) atoms. The summed E-state index contributed by atoms with van der Waals surface area (Å²) < 4.78 is 18.0. The van der Waals surface area contributed by atoms with Gasteiger partial charge < -0.3 is 9.84 Å². The van der Waals surface area contributed by atoms with Crippen LogP contribution < -0.4 is 0 Å². The second-order valence-electron chi connectivity index (χ2n) is 5.19. The van der Waals surface area contributed by atoms with Crippen molar-refractivity contribution in [3.8, 4) is 0 Å². The van der Waals surface area contributed by atoms with Gasteiger partial charge in [-0.2, -0.15) is 0 Å². The molecule has 2 rings (SSSR count). The van der Waals surface area contributed by atoms with E-state index in [1.807, 2.05) is 0 Å². The van der Waals surface area contributed by atoms with Crippen molar-refractivity contribution in [3.63, 3.8) is 0 Å². The molecule has 0 aliphatic carbocycles. The first-order valence-corrected chi connectivity index (χ1v) is 6.97. The standard InChI is InChI=1S/C15H20FNO3/c1-2-3-8-17-9-13(14(10-17)20-15(18)19)11-4-6-12(16)7-5-11/h4-7,13-14H,2-3,8-10H2,1H3,(H,18,19)/t13-,14+/m1/s1. The Morgan fingerprint density at radius 2 is 2.10 bits per heavy atom. The third kappa shape index (κ3) is 3.70. The number of halogens is 1. The molecule has 0 saturated carbocycles. The van der Waals surface area contributed by atoms with E-state index in [4.69, 9.17) is 9.84 Å². The SMILES string of the molecule is CCCCN1C[C@H](OC(=O)O)[C@@H](c2ccc(F)cc2)C1. The minimum absolute atomic E-state index is 0.0245. The summed E-state index contributed by atoms with van der Waals surface area (Å²) >= 11 is 0. The summed E-state index contributed by atoms with van der Waals surface area (Å²) in [6, 6.07) is 6.23. The summed E-state index contributed by atoms with van der Waals surface area (Å²) in [7, 11) is 0. The van der Waals surface area contributed by atoms with Gasteiger partial charge in [0.1, 0.15) is 11.9 Å². The summed E-state index contributed by atoms with van der Waals surface area (Å²) in [5, 5.41) is 8.84. The molecule has 0 radical (unpaired) electrons. The predicted molar refractivity (Wildman–Crippen MR) is 73.4 cm³/mol. The summed E-state index contributed by atoms with van der Waals surface area (Å²) in [5.74, 6) is -0.311. The third-order valence-electron chi connectivity index (χ3n) is 3.72. The van der Waals surface area contributed by atoms with E-state index >= 15 is 0 Å². The molecule has 5 heteroatoms. The van der Waals surface area contributed by atoms with Gasteiger partial charge >= 0.3 is 6.16 Å². The molecule has 4 nitrogen and oxygen atoms in total. The fourth-order valence-corrected chi connectivity index (χ4v) is 2.70. The zero-order chi connectivity index (χ0) is 14.5. The van der Waals surface area contributed by atoms with Gasteiger partial charge in [0.25, 0.3) is 0 Å². The molecule has 1 N–H and O–H groups in total. The molecule has 110 valence electrons. The van der Waals surface area contributed by atoms with Crippen LogP contribution in [0.3, 0.4) is 0 Å². The lowest BCUT2D eigenvalue weighted by Crippen LogP contribution is -2.26. The van der Waals surface area contributed by atoms with E-state index < -0.39 is 6.16 Å². The Kier molecular flexibility index (Phi) is 4.95. The van der Waals surface area contributed by atoms with Gasteiger partial charge in [0, 0.05) is 19.0 Å². The van der Waals surface area contributed by atoms with Crippen LogP contribution in [0.1, 0.15) is 31.2 Å². The molecule has 1 aliphatic rings. The normalized spacial score (nSPS) is 22.9. The molecule has 0 amide bonds. The number of rotatable bonds is 5. The van der Waals surface area contributed by atoms with E-state index in [1.54, 1.807) is 12.1 Å². The highest BCUT2D eigenvalue weighted by Gasteiger charge is 2.36. The number of benzene rings is 1. The number of ether oxygens (including phenoxy) is 1. The molecule has 1 aromatic carbocycles. The summed E-state index contributed by atoms with van der Waals surface area (Å²) in [5.41, 5.74) is 0.927. The number of likely N-dealkylation sites (tertiary alicyclic amines) is 1. The van der Waals surface area contributed by atoms with Gasteiger partial charge in [0.15, 0.2) is 0 Å². The Bertz CT molecular complexity index is 449. The van der Waals surface area contributed by atoms with E-state index in [0.717, 1.165) is 31.5 Å². The first-order valence-electron chi connectivity index (χ1n) is 6.97. The summed E-state index contributed by atoms with van der Waals surface area (Å²) in [6.07, 6.45) is 0.548. The van der Waals surface area contributed by atoms with Gasteiger partial charge in [0.2, 0.25) is 0 Å². The number of carbonyl (C=O) groups is 1. The van der Waals surface area contributed by atoms with Gasteiger partial charge in [-0.1, -0.05) is 25.5 Å². The van der Waals surface area contributed by atoms with Crippen molar-refractivity contribution in [1.29, 1.82) is 0 Å². The quantitative estimate of drug-likeness (QED) is 0.843. The van der Waals surface area contributed by atoms with Crippen molar-refractivity contribution in [3.05, 3.63) is 35.6 Å². The van der Waals surface area contributed by atoms with Crippen molar-refractivity contribution in [2.45, 2.75) is 31.8 Å². The van der Waals surface area contributed by atoms with Crippen LogP contribution in [0.15, 0.2) is 24.3 Å². The zero-order valence-corrected chi connectivity index (χ0v) is 11.6. The van der Waals surface area contributed by atoms with E-state index in [0.29, 0.717) is 6.54 Å². The molecule has 1 fully saturated rings. The highest BCUT2D eigenvalue weighted by Crippen LogP contribution is 2.30. The minimum atomic E-state index is -1.25. The monoisotopic (exact) mass is 281 g/mol. The highest BCUT2D eigenvalue weighted by atomic mass is 19.1. The number of hydrogen-bond donors (Lipinski definition) is 1. The van der Waals surface area contributed by atoms with Gasteiger partial charge in [-0.05, 0) is 30.7 Å². The third-order valence-corrected chi connectivity index (χ3v) is 3.72. The first kappa shape index (κ1) is 14.8.